The molecule has 2 heterocycles. The standard InChI is InChI=1S/C20H24BClN2O7/c1-19(2,3)31-18(26)24-10-20(11-6-5-9-23-17(11)29-4)16(25)14-13(30-20)8-7-12(22)15(14)21(27)28/h5-9,16,25,27-28H,10H2,1-4H3,(H,24,26). The van der Waals surface area contributed by atoms with Crippen LogP contribution in [0.15, 0.2) is 30.5 Å². The second-order valence-electron chi connectivity index (χ2n) is 8.06. The van der Waals surface area contributed by atoms with E-state index in [1.54, 1.807) is 32.9 Å². The molecule has 1 aromatic heterocycles. The van der Waals surface area contributed by atoms with Crippen molar-refractivity contribution in [1.29, 1.82) is 0 Å². The molecule has 0 bridgehead atoms. The highest BCUT2D eigenvalue weighted by Crippen LogP contribution is 2.50. The Morgan fingerprint density at radius 3 is 2.68 bits per heavy atom. The van der Waals surface area contributed by atoms with Gasteiger partial charge in [0.25, 0.3) is 0 Å². The van der Waals surface area contributed by atoms with E-state index < -0.39 is 30.5 Å². The first-order chi connectivity index (χ1) is 14.5. The van der Waals surface area contributed by atoms with Gasteiger partial charge in [0.1, 0.15) is 17.5 Å². The number of carbonyl (C=O) groups excluding carboxylic acids is 1. The monoisotopic (exact) mass is 450 g/mol. The van der Waals surface area contributed by atoms with Gasteiger partial charge in [-0.1, -0.05) is 11.6 Å². The first-order valence-electron chi connectivity index (χ1n) is 9.52. The molecule has 11 heteroatoms. The van der Waals surface area contributed by atoms with Gasteiger partial charge in [-0.3, -0.25) is 0 Å². The van der Waals surface area contributed by atoms with E-state index in [-0.39, 0.29) is 34.2 Å². The van der Waals surface area contributed by atoms with Crippen molar-refractivity contribution in [1.82, 2.24) is 10.3 Å². The fraction of sp³-hybridized carbons (Fsp3) is 0.400. The number of aliphatic hydroxyl groups is 1. The molecule has 2 unspecified atom stereocenters. The third-order valence-electron chi connectivity index (χ3n) is 4.77. The molecule has 2 atom stereocenters. The van der Waals surface area contributed by atoms with Crippen molar-refractivity contribution in [2.24, 2.45) is 0 Å². The molecule has 1 aliphatic rings. The number of halogens is 1. The van der Waals surface area contributed by atoms with Gasteiger partial charge in [0.2, 0.25) is 5.88 Å². The van der Waals surface area contributed by atoms with E-state index in [0.29, 0.717) is 5.56 Å². The summed E-state index contributed by atoms with van der Waals surface area (Å²) in [6, 6.07) is 6.19. The van der Waals surface area contributed by atoms with Crippen LogP contribution >= 0.6 is 11.6 Å². The number of alkyl carbamates (subject to hydrolysis) is 1. The summed E-state index contributed by atoms with van der Waals surface area (Å²) in [7, 11) is -0.541. The Labute approximate surface area is 185 Å². The highest BCUT2D eigenvalue weighted by Gasteiger charge is 2.53. The van der Waals surface area contributed by atoms with Crippen LogP contribution in [0.2, 0.25) is 5.02 Å². The van der Waals surface area contributed by atoms with Crippen LogP contribution < -0.4 is 20.3 Å². The number of carbonyl (C=O) groups is 1. The Morgan fingerprint density at radius 1 is 1.35 bits per heavy atom. The van der Waals surface area contributed by atoms with E-state index in [2.05, 4.69) is 10.3 Å². The van der Waals surface area contributed by atoms with E-state index in [4.69, 9.17) is 25.8 Å². The molecular formula is C20H24BClN2O7. The Kier molecular flexibility index (Phi) is 6.38. The average molecular weight is 451 g/mol. The third kappa shape index (κ3) is 4.43. The minimum atomic E-state index is -1.95. The maximum atomic E-state index is 12.3. The van der Waals surface area contributed by atoms with Gasteiger partial charge in [0.05, 0.1) is 19.2 Å². The predicted octanol–water partition coefficient (Wildman–Crippen LogP) is 1.27. The summed E-state index contributed by atoms with van der Waals surface area (Å²) < 4.78 is 16.8. The fourth-order valence-corrected chi connectivity index (χ4v) is 3.79. The lowest BCUT2D eigenvalue weighted by molar-refractivity contribution is -0.0352. The number of aromatic nitrogens is 1. The number of nitrogens with zero attached hydrogens (tertiary/aromatic N) is 1. The zero-order chi connectivity index (χ0) is 23.0. The van der Waals surface area contributed by atoms with E-state index >= 15 is 0 Å². The molecule has 0 aliphatic carbocycles. The summed E-state index contributed by atoms with van der Waals surface area (Å²) in [4.78, 5) is 16.5. The third-order valence-corrected chi connectivity index (χ3v) is 5.10. The van der Waals surface area contributed by atoms with Gasteiger partial charge in [0.15, 0.2) is 5.60 Å². The number of fused-ring (bicyclic) bond motifs is 1. The molecule has 0 spiro atoms. The van der Waals surface area contributed by atoms with Crippen LogP contribution in [0.1, 0.15) is 38.0 Å². The van der Waals surface area contributed by atoms with Crippen molar-refractivity contribution in [3.8, 4) is 11.6 Å². The Bertz CT molecular complexity index is 982. The summed E-state index contributed by atoms with van der Waals surface area (Å²) in [6.07, 6.45) is -0.668. The summed E-state index contributed by atoms with van der Waals surface area (Å²) in [6.45, 7) is 4.93. The maximum Gasteiger partial charge on any atom is 0.490 e. The van der Waals surface area contributed by atoms with Crippen LogP contribution in [0.4, 0.5) is 4.79 Å². The molecule has 0 fully saturated rings. The van der Waals surface area contributed by atoms with Crippen LogP contribution in [-0.4, -0.2) is 52.6 Å². The first-order valence-corrected chi connectivity index (χ1v) is 9.90. The van der Waals surface area contributed by atoms with Gasteiger partial charge in [-0.25, -0.2) is 9.78 Å². The van der Waals surface area contributed by atoms with Crippen LogP contribution in [0.25, 0.3) is 0 Å². The minimum absolute atomic E-state index is 0.0467. The fourth-order valence-electron chi connectivity index (χ4n) is 3.53. The van der Waals surface area contributed by atoms with Gasteiger partial charge >= 0.3 is 13.2 Å². The van der Waals surface area contributed by atoms with E-state index in [1.165, 1.54) is 25.4 Å². The average Bonchev–Trinajstić information content (AvgIpc) is 2.97. The molecule has 0 saturated heterocycles. The summed E-state index contributed by atoms with van der Waals surface area (Å²) >= 11 is 6.15. The van der Waals surface area contributed by atoms with Gasteiger partial charge in [-0.05, 0) is 45.0 Å². The quantitative estimate of drug-likeness (QED) is 0.501. The second kappa shape index (κ2) is 8.54. The molecule has 3 rings (SSSR count). The number of benzene rings is 1. The lowest BCUT2D eigenvalue weighted by Gasteiger charge is -2.33. The van der Waals surface area contributed by atoms with Gasteiger partial charge < -0.3 is 34.7 Å². The SMILES string of the molecule is COc1ncccc1C1(CNC(=O)OC(C)(C)C)Oc2ccc(Cl)c(B(O)O)c2C1O. The van der Waals surface area contributed by atoms with E-state index in [1.807, 2.05) is 0 Å². The number of nitrogens with one attached hydrogen (secondary N) is 1. The number of ether oxygens (including phenoxy) is 3. The number of amides is 1. The molecule has 1 amide bonds. The van der Waals surface area contributed by atoms with Crippen molar-refractivity contribution in [3.63, 3.8) is 0 Å². The number of methoxy groups -OCH3 is 1. The van der Waals surface area contributed by atoms with Crippen molar-refractivity contribution >= 4 is 30.3 Å². The van der Waals surface area contributed by atoms with Crippen molar-refractivity contribution in [3.05, 3.63) is 46.6 Å². The van der Waals surface area contributed by atoms with Gasteiger partial charge in [-0.15, -0.1) is 0 Å². The summed E-state index contributed by atoms with van der Waals surface area (Å²) in [5.41, 5.74) is -1.99. The van der Waals surface area contributed by atoms with E-state index in [9.17, 15) is 19.9 Å². The van der Waals surface area contributed by atoms with Crippen molar-refractivity contribution < 1.29 is 34.2 Å². The zero-order valence-electron chi connectivity index (χ0n) is 17.5. The summed E-state index contributed by atoms with van der Waals surface area (Å²) in [5, 5.41) is 33.7. The normalized spacial score (nSPS) is 19.9. The second-order valence-corrected chi connectivity index (χ2v) is 8.46. The molecular weight excluding hydrogens is 426 g/mol. The Hall–Kier alpha value is -2.53. The highest BCUT2D eigenvalue weighted by molar-refractivity contribution is 6.63. The van der Waals surface area contributed by atoms with Crippen molar-refractivity contribution in [2.45, 2.75) is 38.1 Å². The Balaban J connectivity index is 2.10. The Morgan fingerprint density at radius 2 is 2.06 bits per heavy atom. The number of hydrogen-bond donors (Lipinski definition) is 4. The minimum Gasteiger partial charge on any atom is -0.481 e. The number of rotatable bonds is 5. The lowest BCUT2D eigenvalue weighted by Crippen LogP contribution is -2.48. The summed E-state index contributed by atoms with van der Waals surface area (Å²) in [5.74, 6) is 0.342. The van der Waals surface area contributed by atoms with Gasteiger partial charge in [-0.2, -0.15) is 0 Å². The number of aliphatic hydroxyl groups excluding tert-OH is 1. The van der Waals surface area contributed by atoms with Crippen LogP contribution in [-0.2, 0) is 10.3 Å². The van der Waals surface area contributed by atoms with Crippen molar-refractivity contribution in [2.75, 3.05) is 13.7 Å². The highest BCUT2D eigenvalue weighted by atomic mass is 35.5. The van der Waals surface area contributed by atoms with Crippen LogP contribution in [0, 0.1) is 0 Å². The topological polar surface area (TPSA) is 130 Å². The van der Waals surface area contributed by atoms with Gasteiger partial charge in [0, 0.05) is 22.2 Å². The first kappa shape index (κ1) is 23.1. The molecule has 166 valence electrons. The van der Waals surface area contributed by atoms with E-state index in [0.717, 1.165) is 0 Å². The zero-order valence-corrected chi connectivity index (χ0v) is 18.3. The molecule has 1 aromatic carbocycles. The largest absolute Gasteiger partial charge is 0.490 e. The predicted molar refractivity (Wildman–Crippen MR) is 114 cm³/mol. The van der Waals surface area contributed by atoms with Crippen LogP contribution in [0.5, 0.6) is 11.6 Å². The molecule has 0 saturated carbocycles. The smallest absolute Gasteiger partial charge is 0.481 e. The number of pyridine rings is 1. The van der Waals surface area contributed by atoms with Crippen LogP contribution in [0.3, 0.4) is 0 Å². The molecule has 31 heavy (non-hydrogen) atoms. The molecule has 1 aliphatic heterocycles. The number of hydrogen-bond acceptors (Lipinski definition) is 8. The molecule has 4 N–H and O–H groups in total. The molecule has 9 nitrogen and oxygen atoms in total. The maximum absolute atomic E-state index is 12.3. The lowest BCUT2D eigenvalue weighted by atomic mass is 9.73. The molecule has 2 aromatic rings. The molecule has 0 radical (unpaired) electrons.